The molecule has 3 N–H and O–H groups in total. The van der Waals surface area contributed by atoms with Gasteiger partial charge >= 0.3 is 0 Å². The SMILES string of the molecule is NNC(=O)c1cn(C(=O)c2cc([N+](=O)[O-])ccc2Cl)c2ccccc12. The van der Waals surface area contributed by atoms with Crippen molar-refractivity contribution < 1.29 is 14.5 Å². The number of fused-ring (bicyclic) bond motifs is 1. The molecule has 0 aliphatic carbocycles. The molecule has 2 aromatic carbocycles. The van der Waals surface area contributed by atoms with Crippen LogP contribution in [0.2, 0.25) is 5.02 Å². The van der Waals surface area contributed by atoms with E-state index in [2.05, 4.69) is 0 Å². The van der Waals surface area contributed by atoms with Crippen LogP contribution in [0.15, 0.2) is 48.7 Å². The van der Waals surface area contributed by atoms with Crippen LogP contribution >= 0.6 is 11.6 Å². The summed E-state index contributed by atoms with van der Waals surface area (Å²) in [7, 11) is 0. The molecular formula is C16H11ClN4O4. The topological polar surface area (TPSA) is 120 Å². The lowest BCUT2D eigenvalue weighted by Gasteiger charge is -2.06. The van der Waals surface area contributed by atoms with E-state index >= 15 is 0 Å². The number of nitro groups is 1. The molecule has 1 aromatic heterocycles. The molecule has 0 unspecified atom stereocenters. The second-order valence-corrected chi connectivity index (χ2v) is 5.54. The molecule has 0 aliphatic heterocycles. The molecule has 1 amide bonds. The molecule has 1 heterocycles. The van der Waals surface area contributed by atoms with E-state index in [0.717, 1.165) is 6.07 Å². The summed E-state index contributed by atoms with van der Waals surface area (Å²) >= 11 is 6.04. The lowest BCUT2D eigenvalue weighted by molar-refractivity contribution is -0.384. The zero-order valence-electron chi connectivity index (χ0n) is 12.6. The minimum absolute atomic E-state index is 0.0451. The number of non-ortho nitro benzene ring substituents is 1. The van der Waals surface area contributed by atoms with Gasteiger partial charge in [0.05, 0.1) is 26.6 Å². The van der Waals surface area contributed by atoms with E-state index in [1.165, 1.54) is 22.9 Å². The van der Waals surface area contributed by atoms with Crippen molar-refractivity contribution in [1.82, 2.24) is 9.99 Å². The van der Waals surface area contributed by atoms with Crippen LogP contribution in [0.3, 0.4) is 0 Å². The molecule has 0 atom stereocenters. The minimum Gasteiger partial charge on any atom is -0.290 e. The van der Waals surface area contributed by atoms with Crippen molar-refractivity contribution in [3.05, 3.63) is 74.9 Å². The fourth-order valence-electron chi connectivity index (χ4n) is 2.53. The first kappa shape index (κ1) is 16.6. The lowest BCUT2D eigenvalue weighted by atomic mass is 10.1. The highest BCUT2D eigenvalue weighted by Gasteiger charge is 2.22. The van der Waals surface area contributed by atoms with Crippen LogP contribution in [0, 0.1) is 10.1 Å². The molecule has 0 aliphatic rings. The summed E-state index contributed by atoms with van der Waals surface area (Å²) in [6.45, 7) is 0. The zero-order valence-corrected chi connectivity index (χ0v) is 13.4. The molecule has 25 heavy (non-hydrogen) atoms. The van der Waals surface area contributed by atoms with Gasteiger partial charge in [0.1, 0.15) is 0 Å². The van der Waals surface area contributed by atoms with Gasteiger partial charge in [0.2, 0.25) is 0 Å². The number of hydrogen-bond acceptors (Lipinski definition) is 5. The number of rotatable bonds is 3. The quantitative estimate of drug-likeness (QED) is 0.322. The van der Waals surface area contributed by atoms with Gasteiger partial charge in [-0.3, -0.25) is 29.7 Å². The maximum atomic E-state index is 12.9. The summed E-state index contributed by atoms with van der Waals surface area (Å²) in [6.07, 6.45) is 1.32. The number of halogens is 1. The molecule has 0 fully saturated rings. The van der Waals surface area contributed by atoms with E-state index in [9.17, 15) is 19.7 Å². The number of nitrogen functional groups attached to an aromatic ring is 1. The zero-order chi connectivity index (χ0) is 18.1. The number of aromatic nitrogens is 1. The van der Waals surface area contributed by atoms with Crippen LogP contribution in [0.4, 0.5) is 5.69 Å². The smallest absolute Gasteiger partial charge is 0.270 e. The highest BCUT2D eigenvalue weighted by molar-refractivity contribution is 6.34. The summed E-state index contributed by atoms with van der Waals surface area (Å²) in [5.41, 5.74) is 2.37. The minimum atomic E-state index is -0.617. The van der Waals surface area contributed by atoms with Crippen molar-refractivity contribution in [2.75, 3.05) is 0 Å². The number of nitro benzene ring substituents is 1. The number of nitrogens with two attached hydrogens (primary N) is 1. The number of benzene rings is 2. The number of para-hydroxylation sites is 1. The van der Waals surface area contributed by atoms with Crippen molar-refractivity contribution >= 4 is 40.0 Å². The molecule has 0 bridgehead atoms. The Morgan fingerprint density at radius 2 is 1.88 bits per heavy atom. The average Bonchev–Trinajstić information content (AvgIpc) is 3.00. The molecular weight excluding hydrogens is 348 g/mol. The van der Waals surface area contributed by atoms with Gasteiger partial charge in [-0.1, -0.05) is 29.8 Å². The predicted octanol–water partition coefficient (Wildman–Crippen LogP) is 2.49. The highest BCUT2D eigenvalue weighted by Crippen LogP contribution is 2.27. The van der Waals surface area contributed by atoms with Gasteiger partial charge in [-0.15, -0.1) is 0 Å². The first-order chi connectivity index (χ1) is 11.9. The van der Waals surface area contributed by atoms with Gasteiger partial charge in [0, 0.05) is 23.7 Å². The van der Waals surface area contributed by atoms with Gasteiger partial charge in [-0.2, -0.15) is 0 Å². The Bertz CT molecular complexity index is 1030. The molecule has 0 saturated heterocycles. The van der Waals surface area contributed by atoms with Gasteiger partial charge in [-0.05, 0) is 12.1 Å². The van der Waals surface area contributed by atoms with Crippen LogP contribution in [-0.4, -0.2) is 21.3 Å². The molecule has 8 nitrogen and oxygen atoms in total. The maximum absolute atomic E-state index is 12.9. The highest BCUT2D eigenvalue weighted by atomic mass is 35.5. The fourth-order valence-corrected chi connectivity index (χ4v) is 2.73. The molecule has 0 spiro atoms. The van der Waals surface area contributed by atoms with Crippen molar-refractivity contribution in [2.45, 2.75) is 0 Å². The molecule has 3 rings (SSSR count). The van der Waals surface area contributed by atoms with Crippen molar-refractivity contribution in [3.8, 4) is 0 Å². The van der Waals surface area contributed by atoms with E-state index in [0.29, 0.717) is 10.9 Å². The number of amides is 1. The number of nitrogens with one attached hydrogen (secondary N) is 1. The Labute approximate surface area is 145 Å². The van der Waals surface area contributed by atoms with Crippen molar-refractivity contribution in [1.29, 1.82) is 0 Å². The number of hydrogen-bond donors (Lipinski definition) is 2. The van der Waals surface area contributed by atoms with Crippen LogP contribution in [0.25, 0.3) is 10.9 Å². The second kappa shape index (κ2) is 6.34. The van der Waals surface area contributed by atoms with E-state index in [1.807, 2.05) is 5.43 Å². The third-order valence-corrected chi connectivity index (χ3v) is 4.03. The number of nitrogens with zero attached hydrogens (tertiary/aromatic N) is 2. The van der Waals surface area contributed by atoms with Gasteiger partial charge < -0.3 is 0 Å². The number of carbonyl (C=O) groups excluding carboxylic acids is 2. The van der Waals surface area contributed by atoms with Crippen LogP contribution in [0.5, 0.6) is 0 Å². The summed E-state index contributed by atoms with van der Waals surface area (Å²) in [6, 6.07) is 10.3. The van der Waals surface area contributed by atoms with Gasteiger partial charge in [-0.25, -0.2) is 5.84 Å². The molecule has 126 valence electrons. The molecule has 9 heteroatoms. The van der Waals surface area contributed by atoms with Gasteiger partial charge in [0.15, 0.2) is 0 Å². The fraction of sp³-hybridized carbons (Fsp3) is 0. The van der Waals surface area contributed by atoms with Crippen LogP contribution < -0.4 is 11.3 Å². The Kier molecular flexibility index (Phi) is 4.22. The summed E-state index contributed by atoms with van der Waals surface area (Å²) in [5.74, 6) is 4.02. The number of carbonyl (C=O) groups is 2. The van der Waals surface area contributed by atoms with Crippen molar-refractivity contribution in [3.63, 3.8) is 0 Å². The van der Waals surface area contributed by atoms with E-state index in [4.69, 9.17) is 17.4 Å². The first-order valence-electron chi connectivity index (χ1n) is 7.03. The Morgan fingerprint density at radius 1 is 1.16 bits per heavy atom. The Balaban J connectivity index is 2.20. The first-order valence-corrected chi connectivity index (χ1v) is 7.41. The Hall–Kier alpha value is -3.23. The predicted molar refractivity (Wildman–Crippen MR) is 91.4 cm³/mol. The molecule has 3 aromatic rings. The monoisotopic (exact) mass is 358 g/mol. The molecule has 0 saturated carbocycles. The lowest BCUT2D eigenvalue weighted by Crippen LogP contribution is -2.29. The normalized spacial score (nSPS) is 10.6. The van der Waals surface area contributed by atoms with Gasteiger partial charge in [0.25, 0.3) is 17.5 Å². The summed E-state index contributed by atoms with van der Waals surface area (Å²) in [5, 5.41) is 11.5. The maximum Gasteiger partial charge on any atom is 0.270 e. The third-order valence-electron chi connectivity index (χ3n) is 3.70. The van der Waals surface area contributed by atoms with Crippen molar-refractivity contribution in [2.24, 2.45) is 5.84 Å². The summed E-state index contributed by atoms with van der Waals surface area (Å²) in [4.78, 5) is 35.1. The van der Waals surface area contributed by atoms with E-state index < -0.39 is 16.7 Å². The number of hydrazine groups is 1. The third kappa shape index (κ3) is 2.84. The van der Waals surface area contributed by atoms with Crippen LogP contribution in [0.1, 0.15) is 20.7 Å². The van der Waals surface area contributed by atoms with Crippen LogP contribution in [-0.2, 0) is 0 Å². The second-order valence-electron chi connectivity index (χ2n) is 5.13. The largest absolute Gasteiger partial charge is 0.290 e. The summed E-state index contributed by atoms with van der Waals surface area (Å²) < 4.78 is 1.21. The molecule has 0 radical (unpaired) electrons. The van der Waals surface area contributed by atoms with E-state index in [1.54, 1.807) is 24.3 Å². The standard InChI is InChI=1S/C16H11ClN4O4/c17-13-6-5-9(21(24)25)7-11(13)16(23)20-8-12(15(22)19-18)10-3-1-2-4-14(10)20/h1-8H,18H2,(H,19,22). The Morgan fingerprint density at radius 3 is 2.56 bits per heavy atom. The average molecular weight is 359 g/mol. The van der Waals surface area contributed by atoms with E-state index in [-0.39, 0.29) is 21.8 Å².